The normalized spacial score (nSPS) is 12.7. The third-order valence-corrected chi connectivity index (χ3v) is 5.49. The summed E-state index contributed by atoms with van der Waals surface area (Å²) in [6, 6.07) is 6.19. The van der Waals surface area contributed by atoms with Crippen LogP contribution in [-0.2, 0) is 6.42 Å². The van der Waals surface area contributed by atoms with E-state index in [4.69, 9.17) is 16.6 Å². The van der Waals surface area contributed by atoms with E-state index in [2.05, 4.69) is 48.1 Å². The van der Waals surface area contributed by atoms with Gasteiger partial charge in [-0.15, -0.1) is 11.3 Å². The minimum Gasteiger partial charge on any atom is -0.305 e. The van der Waals surface area contributed by atoms with Crippen molar-refractivity contribution >= 4 is 38.9 Å². The Kier molecular flexibility index (Phi) is 5.61. The minimum atomic E-state index is 0.106. The van der Waals surface area contributed by atoms with E-state index in [1.807, 2.05) is 12.1 Å². The van der Waals surface area contributed by atoms with E-state index in [0.717, 1.165) is 33.0 Å². The summed E-state index contributed by atoms with van der Waals surface area (Å²) in [5.74, 6) is 0. The van der Waals surface area contributed by atoms with E-state index < -0.39 is 0 Å². The standard InChI is InChI=1S/C15H18BrClN2S/c1-4-13-9(3)20-15(19-13)14(18-5-2)10-6-7-11(16)12(17)8-10/h6-8,14,18H,4-5H2,1-3H3. The molecule has 1 N–H and O–H groups in total. The maximum Gasteiger partial charge on any atom is 0.115 e. The lowest BCUT2D eigenvalue weighted by Crippen LogP contribution is -2.21. The molecule has 2 nitrogen and oxygen atoms in total. The summed E-state index contributed by atoms with van der Waals surface area (Å²) in [6.45, 7) is 7.27. The van der Waals surface area contributed by atoms with Gasteiger partial charge in [-0.2, -0.15) is 0 Å². The predicted molar refractivity (Wildman–Crippen MR) is 90.9 cm³/mol. The van der Waals surface area contributed by atoms with Crippen molar-refractivity contribution in [3.05, 3.63) is 48.8 Å². The smallest absolute Gasteiger partial charge is 0.115 e. The Bertz CT molecular complexity index is 598. The largest absolute Gasteiger partial charge is 0.305 e. The third kappa shape index (κ3) is 3.42. The third-order valence-electron chi connectivity index (χ3n) is 3.18. The molecule has 0 fully saturated rings. The first-order valence-corrected chi connectivity index (χ1v) is 8.70. The second-order valence-corrected chi connectivity index (χ2v) is 7.07. The Morgan fingerprint density at radius 1 is 1.40 bits per heavy atom. The van der Waals surface area contributed by atoms with Gasteiger partial charge in [0.15, 0.2) is 0 Å². The van der Waals surface area contributed by atoms with Crippen LogP contribution in [0.4, 0.5) is 0 Å². The molecule has 0 aliphatic rings. The van der Waals surface area contributed by atoms with E-state index in [0.29, 0.717) is 0 Å². The minimum absolute atomic E-state index is 0.106. The molecule has 1 aromatic carbocycles. The number of aromatic nitrogens is 1. The van der Waals surface area contributed by atoms with E-state index in [1.54, 1.807) is 11.3 Å². The van der Waals surface area contributed by atoms with E-state index in [1.165, 1.54) is 10.6 Å². The van der Waals surface area contributed by atoms with Gasteiger partial charge in [0.05, 0.1) is 16.8 Å². The van der Waals surface area contributed by atoms with Crippen molar-refractivity contribution in [3.8, 4) is 0 Å². The Morgan fingerprint density at radius 2 is 2.15 bits per heavy atom. The van der Waals surface area contributed by atoms with Crippen LogP contribution in [0.1, 0.15) is 41.0 Å². The second kappa shape index (κ2) is 7.03. The second-order valence-electron chi connectivity index (χ2n) is 4.57. The molecule has 0 radical (unpaired) electrons. The molecule has 0 aliphatic carbocycles. The van der Waals surface area contributed by atoms with Gasteiger partial charge in [0.1, 0.15) is 5.01 Å². The fraction of sp³-hybridized carbons (Fsp3) is 0.400. The number of halogens is 2. The highest BCUT2D eigenvalue weighted by Gasteiger charge is 2.19. The quantitative estimate of drug-likeness (QED) is 0.786. The summed E-state index contributed by atoms with van der Waals surface area (Å²) in [5, 5.41) is 5.34. The molecular weight excluding hydrogens is 356 g/mol. The molecule has 2 aromatic rings. The predicted octanol–water partition coefficient (Wildman–Crippen LogP) is 5.13. The first-order valence-electron chi connectivity index (χ1n) is 6.71. The molecule has 0 amide bonds. The fourth-order valence-corrected chi connectivity index (χ4v) is 3.70. The highest BCUT2D eigenvalue weighted by atomic mass is 79.9. The number of rotatable bonds is 5. The van der Waals surface area contributed by atoms with Crippen LogP contribution in [0.3, 0.4) is 0 Å². The van der Waals surface area contributed by atoms with Gasteiger partial charge in [0, 0.05) is 9.35 Å². The first kappa shape index (κ1) is 16.0. The number of hydrogen-bond donors (Lipinski definition) is 1. The van der Waals surface area contributed by atoms with Crippen molar-refractivity contribution < 1.29 is 0 Å². The van der Waals surface area contributed by atoms with Gasteiger partial charge in [-0.05, 0) is 53.5 Å². The Morgan fingerprint density at radius 3 is 2.70 bits per heavy atom. The molecule has 0 saturated heterocycles. The average Bonchev–Trinajstić information content (AvgIpc) is 2.80. The SMILES string of the molecule is CCNC(c1ccc(Br)c(Cl)c1)c1nc(CC)c(C)s1. The maximum absolute atomic E-state index is 6.22. The molecule has 1 aromatic heterocycles. The summed E-state index contributed by atoms with van der Waals surface area (Å²) in [6.07, 6.45) is 0.974. The van der Waals surface area contributed by atoms with Gasteiger partial charge < -0.3 is 5.32 Å². The van der Waals surface area contributed by atoms with Gasteiger partial charge in [-0.3, -0.25) is 0 Å². The lowest BCUT2D eigenvalue weighted by molar-refractivity contribution is 0.625. The highest BCUT2D eigenvalue weighted by Crippen LogP contribution is 2.32. The fourth-order valence-electron chi connectivity index (χ4n) is 2.15. The number of nitrogens with one attached hydrogen (secondary N) is 1. The summed E-state index contributed by atoms with van der Waals surface area (Å²) >= 11 is 11.4. The zero-order valence-electron chi connectivity index (χ0n) is 11.8. The van der Waals surface area contributed by atoms with Crippen LogP contribution in [0.2, 0.25) is 5.02 Å². The zero-order chi connectivity index (χ0) is 14.7. The highest BCUT2D eigenvalue weighted by molar-refractivity contribution is 9.10. The monoisotopic (exact) mass is 372 g/mol. The van der Waals surface area contributed by atoms with E-state index >= 15 is 0 Å². The van der Waals surface area contributed by atoms with Gasteiger partial charge in [0.2, 0.25) is 0 Å². The number of hydrogen-bond acceptors (Lipinski definition) is 3. The van der Waals surface area contributed by atoms with Gasteiger partial charge in [-0.25, -0.2) is 4.98 Å². The molecule has 0 saturated carbocycles. The summed E-state index contributed by atoms with van der Waals surface area (Å²) < 4.78 is 0.919. The van der Waals surface area contributed by atoms with Crippen molar-refractivity contribution in [1.82, 2.24) is 10.3 Å². The summed E-state index contributed by atoms with van der Waals surface area (Å²) in [4.78, 5) is 6.08. The average molecular weight is 374 g/mol. The molecular formula is C15H18BrClN2S. The molecule has 5 heteroatoms. The Labute approximate surface area is 137 Å². The molecule has 0 aliphatic heterocycles. The van der Waals surface area contributed by atoms with Crippen LogP contribution in [-0.4, -0.2) is 11.5 Å². The van der Waals surface area contributed by atoms with Gasteiger partial charge in [-0.1, -0.05) is 31.5 Å². The Hall–Kier alpha value is -0.420. The van der Waals surface area contributed by atoms with Crippen LogP contribution in [0.15, 0.2) is 22.7 Å². The molecule has 0 bridgehead atoms. The summed E-state index contributed by atoms with van der Waals surface area (Å²) in [5.41, 5.74) is 2.34. The molecule has 2 rings (SSSR count). The van der Waals surface area contributed by atoms with Crippen molar-refractivity contribution in [3.63, 3.8) is 0 Å². The number of aryl methyl sites for hydroxylation is 2. The van der Waals surface area contributed by atoms with Crippen molar-refractivity contribution in [1.29, 1.82) is 0 Å². The Balaban J connectivity index is 2.41. The van der Waals surface area contributed by atoms with Crippen LogP contribution < -0.4 is 5.32 Å². The first-order chi connectivity index (χ1) is 9.56. The van der Waals surface area contributed by atoms with Crippen LogP contribution in [0, 0.1) is 6.92 Å². The number of nitrogens with zero attached hydrogens (tertiary/aromatic N) is 1. The van der Waals surface area contributed by atoms with Crippen molar-refractivity contribution in [2.75, 3.05) is 6.54 Å². The van der Waals surface area contributed by atoms with Crippen molar-refractivity contribution in [2.24, 2.45) is 0 Å². The molecule has 108 valence electrons. The van der Waals surface area contributed by atoms with Crippen LogP contribution in [0.25, 0.3) is 0 Å². The molecule has 20 heavy (non-hydrogen) atoms. The molecule has 1 unspecified atom stereocenters. The number of thiazole rings is 1. The topological polar surface area (TPSA) is 24.9 Å². The number of benzene rings is 1. The van der Waals surface area contributed by atoms with Gasteiger partial charge in [0.25, 0.3) is 0 Å². The lowest BCUT2D eigenvalue weighted by Gasteiger charge is -2.16. The maximum atomic E-state index is 6.22. The molecule has 0 spiro atoms. The molecule has 1 heterocycles. The van der Waals surface area contributed by atoms with E-state index in [-0.39, 0.29) is 6.04 Å². The summed E-state index contributed by atoms with van der Waals surface area (Å²) in [7, 11) is 0. The van der Waals surface area contributed by atoms with Crippen LogP contribution >= 0.6 is 38.9 Å². The van der Waals surface area contributed by atoms with Crippen molar-refractivity contribution in [2.45, 2.75) is 33.2 Å². The van der Waals surface area contributed by atoms with Crippen LogP contribution in [0.5, 0.6) is 0 Å². The lowest BCUT2D eigenvalue weighted by atomic mass is 10.1. The zero-order valence-corrected chi connectivity index (χ0v) is 15.0. The van der Waals surface area contributed by atoms with E-state index in [9.17, 15) is 0 Å². The van der Waals surface area contributed by atoms with Gasteiger partial charge >= 0.3 is 0 Å². The molecule has 1 atom stereocenters.